The second-order valence-corrected chi connectivity index (χ2v) is 9.43. The van der Waals surface area contributed by atoms with Gasteiger partial charge in [0, 0.05) is 30.3 Å². The molecule has 1 saturated carbocycles. The fraction of sp³-hybridized carbons (Fsp3) is 0.923. The third-order valence-corrected chi connectivity index (χ3v) is 6.85. The Balaban J connectivity index is 1.73. The first-order valence-electron chi connectivity index (χ1n) is 7.33. The van der Waals surface area contributed by atoms with E-state index in [1.54, 1.807) is 0 Å². The van der Waals surface area contributed by atoms with Crippen molar-refractivity contribution in [3.8, 4) is 0 Å². The molecule has 2 aliphatic rings. The van der Waals surface area contributed by atoms with Gasteiger partial charge in [-0.3, -0.25) is 4.79 Å². The van der Waals surface area contributed by atoms with Crippen LogP contribution in [0, 0.1) is 0 Å². The number of rotatable bonds is 5. The van der Waals surface area contributed by atoms with Crippen LogP contribution in [0.4, 0.5) is 0 Å². The van der Waals surface area contributed by atoms with Gasteiger partial charge < -0.3 is 10.6 Å². The molecule has 0 aromatic carbocycles. The maximum Gasteiger partial charge on any atom is 0.221 e. The first-order valence-corrected chi connectivity index (χ1v) is 10.2. The molecule has 1 aliphatic heterocycles. The molecule has 116 valence electrons. The van der Waals surface area contributed by atoms with Crippen LogP contribution >= 0.6 is 11.8 Å². The SMILES string of the molecule is CCSC1CCC(NC(=O)CC2CS(=O)(=O)CCN2)C1. The number of hydrogen-bond donors (Lipinski definition) is 2. The van der Waals surface area contributed by atoms with Crippen molar-refractivity contribution in [3.63, 3.8) is 0 Å². The lowest BCUT2D eigenvalue weighted by Crippen LogP contribution is -2.48. The molecule has 2 N–H and O–H groups in total. The summed E-state index contributed by atoms with van der Waals surface area (Å²) in [7, 11) is -2.97. The summed E-state index contributed by atoms with van der Waals surface area (Å²) < 4.78 is 23.1. The average molecular weight is 320 g/mol. The number of amides is 1. The van der Waals surface area contributed by atoms with Crippen LogP contribution in [0.3, 0.4) is 0 Å². The molecular formula is C13H24N2O3S2. The maximum atomic E-state index is 12.0. The van der Waals surface area contributed by atoms with E-state index < -0.39 is 9.84 Å². The molecule has 2 fully saturated rings. The summed E-state index contributed by atoms with van der Waals surface area (Å²) in [6.45, 7) is 2.62. The fourth-order valence-corrected chi connectivity index (χ4v) is 5.55. The highest BCUT2D eigenvalue weighted by atomic mass is 32.2. The maximum absolute atomic E-state index is 12.0. The number of sulfone groups is 1. The summed E-state index contributed by atoms with van der Waals surface area (Å²) in [5.41, 5.74) is 0. The van der Waals surface area contributed by atoms with Crippen LogP contribution in [0.15, 0.2) is 0 Å². The molecule has 20 heavy (non-hydrogen) atoms. The zero-order valence-corrected chi connectivity index (χ0v) is 13.6. The highest BCUT2D eigenvalue weighted by molar-refractivity contribution is 7.99. The largest absolute Gasteiger partial charge is 0.353 e. The quantitative estimate of drug-likeness (QED) is 0.774. The minimum absolute atomic E-state index is 0.0215. The van der Waals surface area contributed by atoms with E-state index in [0.717, 1.165) is 18.6 Å². The van der Waals surface area contributed by atoms with Gasteiger partial charge in [0.05, 0.1) is 11.5 Å². The Morgan fingerprint density at radius 2 is 2.20 bits per heavy atom. The number of thioether (sulfide) groups is 1. The van der Waals surface area contributed by atoms with Crippen LogP contribution in [-0.2, 0) is 14.6 Å². The van der Waals surface area contributed by atoms with Crippen LogP contribution in [0.2, 0.25) is 0 Å². The van der Waals surface area contributed by atoms with Gasteiger partial charge in [0.2, 0.25) is 5.91 Å². The summed E-state index contributed by atoms with van der Waals surface area (Å²) in [6, 6.07) is 0.0442. The monoisotopic (exact) mass is 320 g/mol. The summed E-state index contributed by atoms with van der Waals surface area (Å²) in [6.07, 6.45) is 3.52. The lowest BCUT2D eigenvalue weighted by molar-refractivity contribution is -0.122. The molecule has 0 aromatic heterocycles. The highest BCUT2D eigenvalue weighted by Gasteiger charge is 2.29. The predicted octanol–water partition coefficient (Wildman–Crippen LogP) is 0.554. The van der Waals surface area contributed by atoms with Crippen LogP contribution in [0.5, 0.6) is 0 Å². The molecule has 1 amide bonds. The summed E-state index contributed by atoms with van der Waals surface area (Å²) in [5.74, 6) is 1.37. The minimum atomic E-state index is -2.97. The van der Waals surface area contributed by atoms with E-state index in [9.17, 15) is 13.2 Å². The second kappa shape index (κ2) is 7.13. The van der Waals surface area contributed by atoms with E-state index in [-0.39, 0.29) is 35.9 Å². The Hall–Kier alpha value is -0.270. The molecule has 0 aromatic rings. The van der Waals surface area contributed by atoms with Crippen molar-refractivity contribution in [2.45, 2.75) is 49.9 Å². The van der Waals surface area contributed by atoms with Crippen LogP contribution in [-0.4, -0.2) is 55.5 Å². The number of nitrogens with one attached hydrogen (secondary N) is 2. The van der Waals surface area contributed by atoms with Crippen molar-refractivity contribution in [2.24, 2.45) is 0 Å². The fourth-order valence-electron chi connectivity index (χ4n) is 2.97. The first-order chi connectivity index (χ1) is 9.48. The normalized spacial score (nSPS) is 33.0. The van der Waals surface area contributed by atoms with Crippen molar-refractivity contribution in [1.82, 2.24) is 10.6 Å². The summed E-state index contributed by atoms with van der Waals surface area (Å²) >= 11 is 1.96. The molecule has 1 heterocycles. The molecule has 5 nitrogen and oxygen atoms in total. The standard InChI is InChI=1S/C13H24N2O3S2/c1-2-19-12-4-3-10(7-12)15-13(16)8-11-9-20(17,18)6-5-14-11/h10-12,14H,2-9H2,1H3,(H,15,16). The Kier molecular flexibility index (Phi) is 5.74. The van der Waals surface area contributed by atoms with Gasteiger partial charge in [-0.25, -0.2) is 8.42 Å². The molecule has 0 radical (unpaired) electrons. The van der Waals surface area contributed by atoms with Gasteiger partial charge in [0.1, 0.15) is 0 Å². The zero-order chi connectivity index (χ0) is 14.6. The second-order valence-electron chi connectivity index (χ2n) is 5.62. The van der Waals surface area contributed by atoms with Gasteiger partial charge in [-0.15, -0.1) is 0 Å². The van der Waals surface area contributed by atoms with Gasteiger partial charge in [0.25, 0.3) is 0 Å². The van der Waals surface area contributed by atoms with E-state index in [1.165, 1.54) is 6.42 Å². The molecule has 7 heteroatoms. The lowest BCUT2D eigenvalue weighted by atomic mass is 10.2. The van der Waals surface area contributed by atoms with Crippen molar-refractivity contribution in [2.75, 3.05) is 23.8 Å². The number of carbonyl (C=O) groups is 1. The van der Waals surface area contributed by atoms with Crippen molar-refractivity contribution in [1.29, 1.82) is 0 Å². The molecule has 3 unspecified atom stereocenters. The van der Waals surface area contributed by atoms with Crippen LogP contribution in [0.25, 0.3) is 0 Å². The lowest BCUT2D eigenvalue weighted by Gasteiger charge is -2.24. The van der Waals surface area contributed by atoms with E-state index in [1.807, 2.05) is 11.8 Å². The predicted molar refractivity (Wildman–Crippen MR) is 82.8 cm³/mol. The number of carbonyl (C=O) groups excluding carboxylic acids is 1. The average Bonchev–Trinajstić information content (AvgIpc) is 2.75. The summed E-state index contributed by atoms with van der Waals surface area (Å²) in [4.78, 5) is 12.0. The van der Waals surface area contributed by atoms with Gasteiger partial charge in [-0.1, -0.05) is 6.92 Å². The smallest absolute Gasteiger partial charge is 0.221 e. The first kappa shape index (κ1) is 16.1. The highest BCUT2D eigenvalue weighted by Crippen LogP contribution is 2.29. The van der Waals surface area contributed by atoms with Gasteiger partial charge in [-0.2, -0.15) is 11.8 Å². The van der Waals surface area contributed by atoms with Crippen LogP contribution < -0.4 is 10.6 Å². The van der Waals surface area contributed by atoms with Crippen molar-refractivity contribution < 1.29 is 13.2 Å². The van der Waals surface area contributed by atoms with E-state index in [0.29, 0.717) is 11.8 Å². The van der Waals surface area contributed by atoms with Crippen molar-refractivity contribution >= 4 is 27.5 Å². The molecule has 2 rings (SSSR count). The third kappa shape index (κ3) is 4.93. The van der Waals surface area contributed by atoms with Gasteiger partial charge >= 0.3 is 0 Å². The minimum Gasteiger partial charge on any atom is -0.353 e. The molecular weight excluding hydrogens is 296 g/mol. The number of hydrogen-bond acceptors (Lipinski definition) is 5. The Bertz CT molecular complexity index is 439. The van der Waals surface area contributed by atoms with E-state index >= 15 is 0 Å². The molecule has 0 bridgehead atoms. The molecule has 3 atom stereocenters. The molecule has 1 saturated heterocycles. The third-order valence-electron chi connectivity index (χ3n) is 3.88. The Morgan fingerprint density at radius 1 is 1.40 bits per heavy atom. The Labute approximate surface area is 125 Å². The zero-order valence-electron chi connectivity index (χ0n) is 11.9. The topological polar surface area (TPSA) is 75.3 Å². The van der Waals surface area contributed by atoms with Crippen LogP contribution in [0.1, 0.15) is 32.6 Å². The van der Waals surface area contributed by atoms with Crippen molar-refractivity contribution in [3.05, 3.63) is 0 Å². The molecule has 0 spiro atoms. The van der Waals surface area contributed by atoms with E-state index in [2.05, 4.69) is 17.6 Å². The van der Waals surface area contributed by atoms with Gasteiger partial charge in [0.15, 0.2) is 9.84 Å². The molecule has 1 aliphatic carbocycles. The Morgan fingerprint density at radius 3 is 2.90 bits per heavy atom. The van der Waals surface area contributed by atoms with E-state index in [4.69, 9.17) is 0 Å². The summed E-state index contributed by atoms with van der Waals surface area (Å²) in [5, 5.41) is 6.84. The van der Waals surface area contributed by atoms with Gasteiger partial charge in [-0.05, 0) is 25.0 Å².